The molecule has 21 heavy (non-hydrogen) atoms. The van der Waals surface area contributed by atoms with Crippen molar-refractivity contribution in [2.75, 3.05) is 20.6 Å². The average molecular weight is 295 g/mol. The van der Waals surface area contributed by atoms with E-state index >= 15 is 0 Å². The first-order valence-electron chi connectivity index (χ1n) is 8.24. The van der Waals surface area contributed by atoms with Crippen LogP contribution in [-0.2, 0) is 9.59 Å². The number of nitrogens with zero attached hydrogens (tertiary/aromatic N) is 2. The van der Waals surface area contributed by atoms with E-state index in [9.17, 15) is 9.59 Å². The summed E-state index contributed by atoms with van der Waals surface area (Å²) in [4.78, 5) is 27.8. The van der Waals surface area contributed by atoms with Crippen LogP contribution in [0.3, 0.4) is 0 Å². The van der Waals surface area contributed by atoms with E-state index in [0.29, 0.717) is 18.4 Å². The van der Waals surface area contributed by atoms with E-state index in [2.05, 4.69) is 0 Å². The number of hydrogen-bond donors (Lipinski definition) is 1. The second-order valence-electron chi connectivity index (χ2n) is 6.75. The minimum atomic E-state index is -0.0360. The lowest BCUT2D eigenvalue weighted by atomic mass is 9.94. The van der Waals surface area contributed by atoms with E-state index in [1.807, 2.05) is 11.9 Å². The number of amides is 2. The molecule has 2 N–H and O–H groups in total. The van der Waals surface area contributed by atoms with Gasteiger partial charge in [0, 0.05) is 32.6 Å². The summed E-state index contributed by atoms with van der Waals surface area (Å²) in [6.07, 6.45) is 8.50. The molecule has 0 aromatic carbocycles. The van der Waals surface area contributed by atoms with Crippen LogP contribution < -0.4 is 5.73 Å². The number of hydrogen-bond acceptors (Lipinski definition) is 3. The average Bonchev–Trinajstić information content (AvgIpc) is 3.31. The van der Waals surface area contributed by atoms with Gasteiger partial charge in [0.2, 0.25) is 11.8 Å². The first kappa shape index (κ1) is 16.3. The molecule has 0 spiro atoms. The quantitative estimate of drug-likeness (QED) is 0.804. The molecular weight excluding hydrogens is 266 g/mol. The highest BCUT2D eigenvalue weighted by molar-refractivity contribution is 5.85. The molecule has 5 heteroatoms. The first-order chi connectivity index (χ1) is 9.99. The highest BCUT2D eigenvalue weighted by Crippen LogP contribution is 2.32. The summed E-state index contributed by atoms with van der Waals surface area (Å²) in [6, 6.07) is 0.314. The van der Waals surface area contributed by atoms with E-state index in [1.165, 1.54) is 24.2 Å². The molecule has 1 unspecified atom stereocenters. The van der Waals surface area contributed by atoms with Gasteiger partial charge in [0.1, 0.15) is 0 Å². The third-order valence-electron chi connectivity index (χ3n) is 4.95. The fourth-order valence-electron chi connectivity index (χ4n) is 3.12. The molecule has 0 aliphatic heterocycles. The third-order valence-corrected chi connectivity index (χ3v) is 4.95. The highest BCUT2D eigenvalue weighted by Gasteiger charge is 2.31. The number of carbonyl (C=O) groups is 2. The zero-order chi connectivity index (χ0) is 15.4. The molecule has 2 fully saturated rings. The van der Waals surface area contributed by atoms with Crippen molar-refractivity contribution >= 4 is 11.8 Å². The molecule has 120 valence electrons. The van der Waals surface area contributed by atoms with Gasteiger partial charge in [-0.3, -0.25) is 9.59 Å². The van der Waals surface area contributed by atoms with Gasteiger partial charge in [-0.15, -0.1) is 0 Å². The van der Waals surface area contributed by atoms with Gasteiger partial charge < -0.3 is 15.5 Å². The minimum Gasteiger partial charge on any atom is -0.341 e. The minimum absolute atomic E-state index is 0.0141. The topological polar surface area (TPSA) is 66.6 Å². The van der Waals surface area contributed by atoms with Gasteiger partial charge in [0.15, 0.2) is 0 Å². The summed E-state index contributed by atoms with van der Waals surface area (Å²) in [7, 11) is 3.57. The third kappa shape index (κ3) is 4.70. The molecular formula is C16H29N3O2. The molecule has 0 saturated heterocycles. The van der Waals surface area contributed by atoms with E-state index in [1.54, 1.807) is 7.05 Å². The predicted octanol–water partition coefficient (Wildman–Crippen LogP) is 1.36. The summed E-state index contributed by atoms with van der Waals surface area (Å²) in [6.45, 7) is 0.170. The zero-order valence-corrected chi connectivity index (χ0v) is 13.4. The largest absolute Gasteiger partial charge is 0.341 e. The fourth-order valence-corrected chi connectivity index (χ4v) is 3.12. The van der Waals surface area contributed by atoms with Gasteiger partial charge in [-0.25, -0.2) is 0 Å². The van der Waals surface area contributed by atoms with Gasteiger partial charge in [0.25, 0.3) is 0 Å². The van der Waals surface area contributed by atoms with Crippen molar-refractivity contribution < 1.29 is 9.59 Å². The lowest BCUT2D eigenvalue weighted by Crippen LogP contribution is -2.45. The molecule has 1 atom stereocenters. The normalized spacial score (nSPS) is 20.9. The van der Waals surface area contributed by atoms with Gasteiger partial charge in [-0.1, -0.05) is 19.3 Å². The molecule has 0 aromatic heterocycles. The van der Waals surface area contributed by atoms with E-state index in [0.717, 1.165) is 25.7 Å². The second kappa shape index (κ2) is 7.25. The number of carbonyl (C=O) groups excluding carboxylic acids is 2. The van der Waals surface area contributed by atoms with E-state index in [4.69, 9.17) is 5.73 Å². The lowest BCUT2D eigenvalue weighted by molar-refractivity contribution is -0.140. The van der Waals surface area contributed by atoms with Crippen LogP contribution in [0.5, 0.6) is 0 Å². The smallest absolute Gasteiger partial charge is 0.242 e. The standard InChI is InChI=1S/C16H29N3O2/c1-18(15(20)10-14(17)12-8-9-12)11-16(21)19(2)13-6-4-3-5-7-13/h12-14H,3-11,17H2,1-2H3. The van der Waals surface area contributed by atoms with Crippen LogP contribution in [0, 0.1) is 5.92 Å². The van der Waals surface area contributed by atoms with Crippen molar-refractivity contribution in [1.29, 1.82) is 0 Å². The highest BCUT2D eigenvalue weighted by atomic mass is 16.2. The van der Waals surface area contributed by atoms with Gasteiger partial charge in [0.05, 0.1) is 6.54 Å². The summed E-state index contributed by atoms with van der Waals surface area (Å²) in [5.41, 5.74) is 5.98. The molecule has 5 nitrogen and oxygen atoms in total. The second-order valence-corrected chi connectivity index (χ2v) is 6.75. The SMILES string of the molecule is CN(CC(=O)N(C)C1CCCCC1)C(=O)CC(N)C1CC1. The summed E-state index contributed by atoms with van der Waals surface area (Å²) in [5, 5.41) is 0. The molecule has 2 amide bonds. The van der Waals surface area contributed by atoms with Crippen LogP contribution in [-0.4, -0.2) is 54.3 Å². The summed E-state index contributed by atoms with van der Waals surface area (Å²) in [5.74, 6) is 0.542. The van der Waals surface area contributed by atoms with Crippen molar-refractivity contribution in [1.82, 2.24) is 9.80 Å². The Morgan fingerprint density at radius 3 is 2.24 bits per heavy atom. The molecule has 0 bridgehead atoms. The Morgan fingerprint density at radius 2 is 1.67 bits per heavy atom. The van der Waals surface area contributed by atoms with Crippen molar-refractivity contribution in [3.05, 3.63) is 0 Å². The van der Waals surface area contributed by atoms with Crippen LogP contribution in [0.2, 0.25) is 0 Å². The predicted molar refractivity (Wildman–Crippen MR) is 82.6 cm³/mol. The van der Waals surface area contributed by atoms with E-state index < -0.39 is 0 Å². The molecule has 2 rings (SSSR count). The number of rotatable bonds is 6. The lowest BCUT2D eigenvalue weighted by Gasteiger charge is -2.32. The van der Waals surface area contributed by atoms with Crippen LogP contribution in [0.15, 0.2) is 0 Å². The maximum Gasteiger partial charge on any atom is 0.242 e. The monoisotopic (exact) mass is 295 g/mol. The Labute approximate surface area is 127 Å². The van der Waals surface area contributed by atoms with Crippen LogP contribution in [0.25, 0.3) is 0 Å². The van der Waals surface area contributed by atoms with Crippen LogP contribution in [0.4, 0.5) is 0 Å². The summed E-state index contributed by atoms with van der Waals surface area (Å²) >= 11 is 0. The van der Waals surface area contributed by atoms with Gasteiger partial charge in [-0.2, -0.15) is 0 Å². The maximum atomic E-state index is 12.3. The number of likely N-dealkylation sites (N-methyl/N-ethyl adjacent to an activating group) is 2. The zero-order valence-electron chi connectivity index (χ0n) is 13.4. The van der Waals surface area contributed by atoms with Gasteiger partial charge in [-0.05, 0) is 31.6 Å². The molecule has 0 heterocycles. The van der Waals surface area contributed by atoms with Crippen molar-refractivity contribution in [2.45, 2.75) is 63.5 Å². The Morgan fingerprint density at radius 1 is 1.05 bits per heavy atom. The first-order valence-corrected chi connectivity index (χ1v) is 8.24. The van der Waals surface area contributed by atoms with Crippen LogP contribution >= 0.6 is 0 Å². The molecule has 2 saturated carbocycles. The molecule has 0 aromatic rings. The van der Waals surface area contributed by atoms with Crippen molar-refractivity contribution in [2.24, 2.45) is 11.7 Å². The maximum absolute atomic E-state index is 12.3. The Kier molecular flexibility index (Phi) is 5.62. The Balaban J connectivity index is 1.75. The van der Waals surface area contributed by atoms with E-state index in [-0.39, 0.29) is 24.4 Å². The fraction of sp³-hybridized carbons (Fsp3) is 0.875. The Bertz CT molecular complexity index is 376. The van der Waals surface area contributed by atoms with Gasteiger partial charge >= 0.3 is 0 Å². The summed E-state index contributed by atoms with van der Waals surface area (Å²) < 4.78 is 0. The molecule has 2 aliphatic rings. The molecule has 0 radical (unpaired) electrons. The number of nitrogens with two attached hydrogens (primary N) is 1. The van der Waals surface area contributed by atoms with Crippen LogP contribution in [0.1, 0.15) is 51.4 Å². The van der Waals surface area contributed by atoms with Crippen molar-refractivity contribution in [3.8, 4) is 0 Å². The Hall–Kier alpha value is -1.10. The van der Waals surface area contributed by atoms with Crippen molar-refractivity contribution in [3.63, 3.8) is 0 Å². The molecule has 2 aliphatic carbocycles.